The van der Waals surface area contributed by atoms with Crippen LogP contribution in [0.5, 0.6) is 0 Å². The maximum absolute atomic E-state index is 13.0. The zero-order chi connectivity index (χ0) is 35.5. The molecule has 1 aromatic rings. The second kappa shape index (κ2) is 21.0. The van der Waals surface area contributed by atoms with Crippen molar-refractivity contribution in [2.75, 3.05) is 25.4 Å². The van der Waals surface area contributed by atoms with Gasteiger partial charge < -0.3 is 48.5 Å². The molecule has 0 aromatic heterocycles. The van der Waals surface area contributed by atoms with Gasteiger partial charge in [-0.2, -0.15) is 12.6 Å². The maximum Gasteiger partial charge on any atom is 0.327 e. The molecule has 0 saturated carbocycles. The number of carbonyl (C=O) groups is 7. The number of carboxylic acid groups (broad SMARTS) is 1. The number of amides is 6. The third-order valence-electron chi connectivity index (χ3n) is 6.49. The van der Waals surface area contributed by atoms with Crippen LogP contribution in [0.4, 0.5) is 0 Å². The van der Waals surface area contributed by atoms with E-state index in [0.717, 1.165) is 0 Å². The fourth-order valence-electron chi connectivity index (χ4n) is 3.99. The molecule has 1 unspecified atom stereocenters. The van der Waals surface area contributed by atoms with E-state index in [-0.39, 0.29) is 24.7 Å². The summed E-state index contributed by atoms with van der Waals surface area (Å²) in [5.41, 5.74) is 11.9. The van der Waals surface area contributed by atoms with E-state index < -0.39 is 91.0 Å². The van der Waals surface area contributed by atoms with E-state index >= 15 is 0 Å². The van der Waals surface area contributed by atoms with Gasteiger partial charge in [-0.3, -0.25) is 33.8 Å². The minimum absolute atomic E-state index is 0.0907. The predicted molar refractivity (Wildman–Crippen MR) is 176 cm³/mol. The molecule has 17 nitrogen and oxygen atoms in total. The first-order chi connectivity index (χ1) is 22.1. The Kier molecular flexibility index (Phi) is 18.0. The van der Waals surface area contributed by atoms with Crippen LogP contribution in [-0.2, 0) is 33.6 Å². The molecule has 0 spiro atoms. The highest BCUT2D eigenvalue weighted by Crippen LogP contribution is 2.06. The second-order valence-corrected chi connectivity index (χ2v) is 11.2. The van der Waals surface area contributed by atoms with E-state index in [2.05, 4.69) is 68.6 Å². The van der Waals surface area contributed by atoms with Crippen LogP contribution in [0.3, 0.4) is 0 Å². The van der Waals surface area contributed by atoms with Gasteiger partial charge in [0, 0.05) is 12.3 Å². The number of nitrogens with two attached hydrogens (primary N) is 2. The molecule has 260 valence electrons. The van der Waals surface area contributed by atoms with Gasteiger partial charge in [0.2, 0.25) is 35.4 Å². The highest BCUT2D eigenvalue weighted by Gasteiger charge is 2.31. The quantitative estimate of drug-likeness (QED) is 0.0528. The van der Waals surface area contributed by atoms with Gasteiger partial charge in [-0.1, -0.05) is 49.7 Å². The number of thiol groups is 1. The average Bonchev–Trinajstić information content (AvgIpc) is 3.01. The van der Waals surface area contributed by atoms with Crippen molar-refractivity contribution in [3.63, 3.8) is 0 Å². The smallest absolute Gasteiger partial charge is 0.327 e. The predicted octanol–water partition coefficient (Wildman–Crippen LogP) is -2.72. The van der Waals surface area contributed by atoms with Gasteiger partial charge in [-0.25, -0.2) is 4.79 Å². The van der Waals surface area contributed by atoms with Crippen LogP contribution >= 0.6 is 12.6 Å². The van der Waals surface area contributed by atoms with Crippen LogP contribution in [0, 0.1) is 12.8 Å². The zero-order valence-electron chi connectivity index (χ0n) is 26.6. The molecule has 1 aliphatic rings. The van der Waals surface area contributed by atoms with E-state index in [1.165, 1.54) is 5.56 Å². The van der Waals surface area contributed by atoms with E-state index in [1.54, 1.807) is 13.8 Å². The van der Waals surface area contributed by atoms with Crippen LogP contribution in [0.25, 0.3) is 0 Å². The van der Waals surface area contributed by atoms with Crippen molar-refractivity contribution in [1.82, 2.24) is 31.9 Å². The van der Waals surface area contributed by atoms with Crippen LogP contribution in [-0.4, -0.2) is 102 Å². The number of rotatable bonds is 10. The monoisotopic (exact) mass is 679 g/mol. The van der Waals surface area contributed by atoms with Crippen molar-refractivity contribution in [3.05, 3.63) is 35.9 Å². The Morgan fingerprint density at radius 1 is 0.936 bits per heavy atom. The number of hydrogen-bond donors (Lipinski definition) is 10. The Morgan fingerprint density at radius 2 is 1.51 bits per heavy atom. The van der Waals surface area contributed by atoms with Gasteiger partial charge in [0.05, 0.1) is 19.5 Å². The Labute approximate surface area is 278 Å². The number of aryl methyl sites for hydroxylation is 1. The van der Waals surface area contributed by atoms with E-state index in [0.29, 0.717) is 6.42 Å². The summed E-state index contributed by atoms with van der Waals surface area (Å²) in [5.74, 6) is -6.96. The summed E-state index contributed by atoms with van der Waals surface area (Å²) in [6.07, 6.45) is -0.291. The number of benzene rings is 1. The molecule has 4 atom stereocenters. The van der Waals surface area contributed by atoms with Crippen LogP contribution < -0.4 is 43.4 Å². The summed E-state index contributed by atoms with van der Waals surface area (Å²) in [5, 5.41) is 23.3. The first-order valence-corrected chi connectivity index (χ1v) is 15.4. The maximum atomic E-state index is 13.0. The van der Waals surface area contributed by atoms with E-state index in [1.807, 2.05) is 18.2 Å². The minimum atomic E-state index is -1.52. The van der Waals surface area contributed by atoms with Crippen molar-refractivity contribution < 1.29 is 38.7 Å². The molecule has 11 N–H and O–H groups in total. The van der Waals surface area contributed by atoms with Crippen molar-refractivity contribution in [2.24, 2.45) is 22.4 Å². The largest absolute Gasteiger partial charge is 0.480 e. The zero-order valence-corrected chi connectivity index (χ0v) is 27.5. The fourth-order valence-corrected chi connectivity index (χ4v) is 4.24. The standard InChI is InChI=1S/C22H37N9O8S.C7H8/c1-10(2)17-20(37)30-11(4-3-5-25-22(23)24)18(35)26-7-15(33)28-12(19(36)27-8-16(34)31-17)6-14(32)29-13(9-40)21(38)39;1-7-5-3-2-4-6-7/h10-13,17,40H,3-9H2,1-2H3,(H,26,35)(H,27,36)(H,28,33)(H,29,32)(H,30,37)(H,31,34)(H,38,39)(H4,23,24,25);2-6H,1H3/t11-,12-,13+,17?;/m0./s1. The molecule has 0 aliphatic carbocycles. The minimum Gasteiger partial charge on any atom is -0.480 e. The summed E-state index contributed by atoms with van der Waals surface area (Å²) < 4.78 is 0. The molecule has 1 aromatic carbocycles. The van der Waals surface area contributed by atoms with Gasteiger partial charge in [-0.15, -0.1) is 0 Å². The summed E-state index contributed by atoms with van der Waals surface area (Å²) in [6.45, 7) is 4.36. The number of aliphatic carboxylic acids is 1. The molecular formula is C29H45N9O8S. The number of hydrogen-bond acceptors (Lipinski definition) is 9. The number of carboxylic acids is 1. The molecule has 1 fully saturated rings. The Morgan fingerprint density at radius 3 is 2.00 bits per heavy atom. The van der Waals surface area contributed by atoms with E-state index in [9.17, 15) is 33.6 Å². The Hall–Kier alpha value is -4.87. The Bertz CT molecular complexity index is 1280. The number of nitrogens with zero attached hydrogens (tertiary/aromatic N) is 1. The molecule has 1 aliphatic heterocycles. The molecule has 0 radical (unpaired) electrons. The third kappa shape index (κ3) is 16.3. The summed E-state index contributed by atoms with van der Waals surface area (Å²) in [4.78, 5) is 91.0. The first-order valence-electron chi connectivity index (χ1n) is 14.8. The SMILES string of the molecule is CC(C)C1NC(=O)CNC(=O)[C@H](CC(=O)N[C@H](CS)C(=O)O)NC(=O)CNC(=O)[C@H](CCCN=C(N)N)NC1=O.Cc1ccccc1. The summed E-state index contributed by atoms with van der Waals surface area (Å²) >= 11 is 3.85. The lowest BCUT2D eigenvalue weighted by atomic mass is 10.0. The molecular weight excluding hydrogens is 634 g/mol. The van der Waals surface area contributed by atoms with Crippen LogP contribution in [0.1, 0.15) is 38.7 Å². The summed E-state index contributed by atoms with van der Waals surface area (Å²) in [7, 11) is 0. The topological polar surface area (TPSA) is 276 Å². The average molecular weight is 680 g/mol. The van der Waals surface area contributed by atoms with Crippen LogP contribution in [0.15, 0.2) is 35.3 Å². The first kappa shape index (κ1) is 40.2. The molecule has 18 heteroatoms. The molecule has 2 rings (SSSR count). The Balaban J connectivity index is 0.00000138. The lowest BCUT2D eigenvalue weighted by Gasteiger charge is -2.25. The van der Waals surface area contributed by atoms with Crippen molar-refractivity contribution >= 4 is 60.0 Å². The molecule has 0 bridgehead atoms. The van der Waals surface area contributed by atoms with Crippen molar-refractivity contribution in [3.8, 4) is 0 Å². The summed E-state index contributed by atoms with van der Waals surface area (Å²) in [6, 6.07) is 5.21. The van der Waals surface area contributed by atoms with Crippen molar-refractivity contribution in [2.45, 2.75) is 64.2 Å². The van der Waals surface area contributed by atoms with Gasteiger partial charge in [0.15, 0.2) is 5.96 Å². The molecule has 47 heavy (non-hydrogen) atoms. The lowest BCUT2D eigenvalue weighted by molar-refractivity contribution is -0.141. The highest BCUT2D eigenvalue weighted by molar-refractivity contribution is 7.80. The number of nitrogens with one attached hydrogen (secondary N) is 6. The number of guanidine groups is 1. The fraction of sp³-hybridized carbons (Fsp3) is 0.517. The van der Waals surface area contributed by atoms with Gasteiger partial charge in [-0.05, 0) is 25.7 Å². The van der Waals surface area contributed by atoms with Gasteiger partial charge in [0.25, 0.3) is 0 Å². The number of aliphatic imine (C=N–C) groups is 1. The van der Waals surface area contributed by atoms with Crippen LogP contribution in [0.2, 0.25) is 0 Å². The van der Waals surface area contributed by atoms with Gasteiger partial charge in [0.1, 0.15) is 24.2 Å². The van der Waals surface area contributed by atoms with Gasteiger partial charge >= 0.3 is 5.97 Å². The number of carbonyl (C=O) groups excluding carboxylic acids is 6. The molecule has 6 amide bonds. The molecule has 1 heterocycles. The van der Waals surface area contributed by atoms with E-state index in [4.69, 9.17) is 16.6 Å². The van der Waals surface area contributed by atoms with Crippen molar-refractivity contribution in [1.29, 1.82) is 0 Å². The second-order valence-electron chi connectivity index (χ2n) is 10.9. The third-order valence-corrected chi connectivity index (χ3v) is 6.85. The highest BCUT2D eigenvalue weighted by atomic mass is 32.1. The normalized spacial score (nSPS) is 19.9. The lowest BCUT2D eigenvalue weighted by Crippen LogP contribution is -2.56. The molecule has 1 saturated heterocycles.